The minimum absolute atomic E-state index is 0. The number of benzene rings is 1. The van der Waals surface area contributed by atoms with Crippen LogP contribution in [-0.2, 0) is 0 Å². The van der Waals surface area contributed by atoms with Crippen LogP contribution in [-0.4, -0.2) is 22.4 Å². The van der Waals surface area contributed by atoms with Crippen LogP contribution >= 0.6 is 35.5 Å². The van der Waals surface area contributed by atoms with Crippen molar-refractivity contribution in [1.29, 1.82) is 0 Å². The molecular weight excluding hydrogens is 290 g/mol. The van der Waals surface area contributed by atoms with E-state index >= 15 is 0 Å². The third-order valence-corrected chi connectivity index (χ3v) is 3.62. The summed E-state index contributed by atoms with van der Waals surface area (Å²) in [5.74, 6) is -0.00847. The Labute approximate surface area is 119 Å². The van der Waals surface area contributed by atoms with Crippen LogP contribution < -0.4 is 11.5 Å². The fourth-order valence-corrected chi connectivity index (χ4v) is 2.74. The zero-order chi connectivity index (χ0) is 12.3. The molecule has 2 rings (SSSR count). The van der Waals surface area contributed by atoms with Gasteiger partial charge in [0.1, 0.15) is 0 Å². The molecule has 0 aliphatic heterocycles. The molecule has 18 heavy (non-hydrogen) atoms. The van der Waals surface area contributed by atoms with E-state index in [0.717, 1.165) is 15.5 Å². The first-order chi connectivity index (χ1) is 8.20. The number of aromatic nitrogens is 2. The molecule has 0 saturated carbocycles. The van der Waals surface area contributed by atoms with Gasteiger partial charge in [-0.3, -0.25) is 0 Å². The van der Waals surface area contributed by atoms with Crippen molar-refractivity contribution in [2.45, 2.75) is 4.90 Å². The molecular formula is C10H12ClN5S2. The molecule has 4 N–H and O–H groups in total. The predicted octanol–water partition coefficient (Wildman–Crippen LogP) is 2.25. The van der Waals surface area contributed by atoms with Crippen molar-refractivity contribution in [2.75, 3.05) is 6.26 Å². The summed E-state index contributed by atoms with van der Waals surface area (Å²) < 4.78 is 0. The van der Waals surface area contributed by atoms with Crippen molar-refractivity contribution in [2.24, 2.45) is 16.5 Å². The second kappa shape index (κ2) is 6.58. The van der Waals surface area contributed by atoms with E-state index in [-0.39, 0.29) is 18.4 Å². The van der Waals surface area contributed by atoms with Crippen molar-refractivity contribution in [3.05, 3.63) is 24.3 Å². The molecule has 0 aliphatic carbocycles. The number of nitrogens with zero attached hydrogens (tertiary/aromatic N) is 3. The van der Waals surface area contributed by atoms with E-state index in [2.05, 4.69) is 15.2 Å². The zero-order valence-electron chi connectivity index (χ0n) is 9.53. The normalized spacial score (nSPS) is 9.61. The molecule has 1 aromatic carbocycles. The first kappa shape index (κ1) is 14.7. The van der Waals surface area contributed by atoms with Crippen LogP contribution in [0.1, 0.15) is 0 Å². The van der Waals surface area contributed by atoms with Crippen molar-refractivity contribution in [3.63, 3.8) is 0 Å². The number of thioether (sulfide) groups is 1. The maximum Gasteiger partial charge on any atom is 0.235 e. The van der Waals surface area contributed by atoms with E-state index in [1.54, 1.807) is 11.8 Å². The van der Waals surface area contributed by atoms with Crippen molar-refractivity contribution in [1.82, 2.24) is 10.2 Å². The standard InChI is InChI=1S/C10H11N5S2.ClH/c1-16-7-5-3-2-4-6(7)8-14-15-10(17-8)13-9(11)12;/h2-5H,1H3,(H4,11,12,13,15);1H. The average Bonchev–Trinajstić information content (AvgIpc) is 2.76. The van der Waals surface area contributed by atoms with E-state index in [1.807, 2.05) is 30.5 Å². The largest absolute Gasteiger partial charge is 0.370 e. The van der Waals surface area contributed by atoms with E-state index < -0.39 is 0 Å². The Morgan fingerprint density at radius 3 is 2.67 bits per heavy atom. The van der Waals surface area contributed by atoms with E-state index in [0.29, 0.717) is 5.13 Å². The first-order valence-electron chi connectivity index (χ1n) is 4.77. The number of guanidine groups is 1. The Hall–Kier alpha value is -1.31. The second-order valence-electron chi connectivity index (χ2n) is 3.13. The van der Waals surface area contributed by atoms with Crippen LogP contribution in [0.2, 0.25) is 0 Å². The topological polar surface area (TPSA) is 90.2 Å². The highest BCUT2D eigenvalue weighted by molar-refractivity contribution is 7.98. The van der Waals surface area contributed by atoms with Gasteiger partial charge in [-0.15, -0.1) is 34.4 Å². The number of rotatable bonds is 3. The first-order valence-corrected chi connectivity index (χ1v) is 6.81. The molecule has 1 aromatic heterocycles. The molecule has 0 spiro atoms. The van der Waals surface area contributed by atoms with Crippen LogP contribution in [0, 0.1) is 0 Å². The van der Waals surface area contributed by atoms with Crippen LogP contribution in [0.5, 0.6) is 0 Å². The van der Waals surface area contributed by atoms with Crippen molar-refractivity contribution >= 4 is 46.6 Å². The van der Waals surface area contributed by atoms with Gasteiger partial charge in [-0.1, -0.05) is 29.5 Å². The second-order valence-corrected chi connectivity index (χ2v) is 4.93. The highest BCUT2D eigenvalue weighted by Gasteiger charge is 2.09. The average molecular weight is 302 g/mol. The van der Waals surface area contributed by atoms with Gasteiger partial charge in [-0.25, -0.2) is 0 Å². The highest BCUT2D eigenvalue weighted by atomic mass is 35.5. The molecule has 0 bridgehead atoms. The van der Waals surface area contributed by atoms with Gasteiger partial charge in [0.05, 0.1) is 0 Å². The maximum absolute atomic E-state index is 5.29. The summed E-state index contributed by atoms with van der Waals surface area (Å²) in [5.41, 5.74) is 11.6. The van der Waals surface area contributed by atoms with Crippen LogP contribution in [0.3, 0.4) is 0 Å². The lowest BCUT2D eigenvalue weighted by Crippen LogP contribution is -2.21. The summed E-state index contributed by atoms with van der Waals surface area (Å²) in [7, 11) is 0. The molecule has 0 atom stereocenters. The molecule has 0 saturated heterocycles. The quantitative estimate of drug-likeness (QED) is 0.515. The minimum Gasteiger partial charge on any atom is -0.370 e. The molecule has 0 fully saturated rings. The summed E-state index contributed by atoms with van der Waals surface area (Å²) in [6.45, 7) is 0. The van der Waals surface area contributed by atoms with Gasteiger partial charge < -0.3 is 11.5 Å². The molecule has 0 unspecified atom stereocenters. The van der Waals surface area contributed by atoms with Crippen LogP contribution in [0.25, 0.3) is 10.6 Å². The van der Waals surface area contributed by atoms with Gasteiger partial charge in [0.2, 0.25) is 5.13 Å². The van der Waals surface area contributed by atoms with E-state index in [1.165, 1.54) is 11.3 Å². The SMILES string of the molecule is CSc1ccccc1-c1nnc(N=C(N)N)s1.Cl. The fourth-order valence-electron chi connectivity index (χ4n) is 1.30. The summed E-state index contributed by atoms with van der Waals surface area (Å²) in [6.07, 6.45) is 2.02. The number of hydrogen-bond acceptors (Lipinski definition) is 5. The molecule has 0 aliphatic rings. The summed E-state index contributed by atoms with van der Waals surface area (Å²) in [4.78, 5) is 5.02. The molecule has 5 nitrogen and oxygen atoms in total. The number of halogens is 1. The molecule has 0 amide bonds. The summed E-state index contributed by atoms with van der Waals surface area (Å²) >= 11 is 3.03. The Morgan fingerprint density at radius 2 is 2.00 bits per heavy atom. The summed E-state index contributed by atoms with van der Waals surface area (Å²) in [5, 5.41) is 9.29. The van der Waals surface area contributed by atoms with Gasteiger partial charge in [-0.05, 0) is 12.3 Å². The Balaban J connectivity index is 0.00000162. The Bertz CT molecular complexity index is 551. The highest BCUT2D eigenvalue weighted by Crippen LogP contribution is 2.33. The number of aliphatic imine (C=N–C) groups is 1. The van der Waals surface area contributed by atoms with E-state index in [9.17, 15) is 0 Å². The van der Waals surface area contributed by atoms with Crippen LogP contribution in [0.4, 0.5) is 5.13 Å². The molecule has 8 heteroatoms. The van der Waals surface area contributed by atoms with Crippen molar-refractivity contribution < 1.29 is 0 Å². The molecule has 0 radical (unpaired) electrons. The monoisotopic (exact) mass is 301 g/mol. The summed E-state index contributed by atoms with van der Waals surface area (Å²) in [6, 6.07) is 8.01. The molecule has 1 heterocycles. The van der Waals surface area contributed by atoms with Gasteiger partial charge in [-0.2, -0.15) is 4.99 Å². The lowest BCUT2D eigenvalue weighted by atomic mass is 10.2. The smallest absolute Gasteiger partial charge is 0.235 e. The van der Waals surface area contributed by atoms with Gasteiger partial charge in [0, 0.05) is 10.5 Å². The third kappa shape index (κ3) is 3.34. The minimum atomic E-state index is -0.00847. The van der Waals surface area contributed by atoms with Gasteiger partial charge >= 0.3 is 0 Å². The maximum atomic E-state index is 5.29. The number of nitrogens with two attached hydrogens (primary N) is 2. The van der Waals surface area contributed by atoms with Gasteiger partial charge in [0.15, 0.2) is 11.0 Å². The Kier molecular flexibility index (Phi) is 5.39. The van der Waals surface area contributed by atoms with E-state index in [4.69, 9.17) is 11.5 Å². The zero-order valence-corrected chi connectivity index (χ0v) is 12.0. The van der Waals surface area contributed by atoms with Crippen LogP contribution in [0.15, 0.2) is 34.2 Å². The fraction of sp³-hybridized carbons (Fsp3) is 0.100. The lowest BCUT2D eigenvalue weighted by molar-refractivity contribution is 1.08. The Morgan fingerprint density at radius 1 is 1.28 bits per heavy atom. The number of hydrogen-bond donors (Lipinski definition) is 2. The van der Waals surface area contributed by atoms with Gasteiger partial charge in [0.25, 0.3) is 0 Å². The lowest BCUT2D eigenvalue weighted by Gasteiger charge is -2.01. The molecule has 2 aromatic rings. The van der Waals surface area contributed by atoms with Crippen molar-refractivity contribution in [3.8, 4) is 10.6 Å². The third-order valence-electron chi connectivity index (χ3n) is 1.98. The predicted molar refractivity (Wildman–Crippen MR) is 79.8 cm³/mol. The molecule has 96 valence electrons.